The van der Waals surface area contributed by atoms with Gasteiger partial charge in [0.15, 0.2) is 0 Å². The summed E-state index contributed by atoms with van der Waals surface area (Å²) in [6.45, 7) is 8.27. The van der Waals surface area contributed by atoms with Gasteiger partial charge in [-0.1, -0.05) is 13.8 Å². The van der Waals surface area contributed by atoms with E-state index in [1.807, 2.05) is 0 Å². The fourth-order valence-corrected chi connectivity index (χ4v) is 2.45. The monoisotopic (exact) mass is 241 g/mol. The van der Waals surface area contributed by atoms with Gasteiger partial charge < -0.3 is 5.73 Å². The van der Waals surface area contributed by atoms with E-state index >= 15 is 0 Å². The molecule has 0 amide bonds. The van der Waals surface area contributed by atoms with E-state index in [4.69, 9.17) is 5.73 Å². The molecule has 0 bridgehead atoms. The van der Waals surface area contributed by atoms with Crippen molar-refractivity contribution in [2.75, 3.05) is 7.05 Å². The third-order valence-corrected chi connectivity index (χ3v) is 3.67. The Hall–Kier alpha value is -0.450. The van der Waals surface area contributed by atoms with E-state index in [9.17, 15) is 0 Å². The van der Waals surface area contributed by atoms with Crippen LogP contribution in [0.15, 0.2) is 5.38 Å². The van der Waals surface area contributed by atoms with Gasteiger partial charge in [-0.05, 0) is 26.3 Å². The van der Waals surface area contributed by atoms with E-state index in [1.165, 1.54) is 6.42 Å². The Kier molecular flexibility index (Phi) is 5.38. The van der Waals surface area contributed by atoms with Crippen molar-refractivity contribution in [3.05, 3.63) is 16.1 Å². The molecule has 0 radical (unpaired) electrons. The first-order chi connectivity index (χ1) is 7.52. The van der Waals surface area contributed by atoms with Crippen LogP contribution in [0.2, 0.25) is 0 Å². The molecular weight excluding hydrogens is 218 g/mol. The minimum Gasteiger partial charge on any atom is -0.325 e. The summed E-state index contributed by atoms with van der Waals surface area (Å²) in [7, 11) is 2.16. The normalized spacial score (nSPS) is 13.7. The number of nitrogens with zero attached hydrogens (tertiary/aromatic N) is 2. The summed E-state index contributed by atoms with van der Waals surface area (Å²) in [6, 6.07) is 0.600. The highest BCUT2D eigenvalue weighted by molar-refractivity contribution is 7.09. The smallest absolute Gasteiger partial charge is 0.106 e. The van der Waals surface area contributed by atoms with Crippen molar-refractivity contribution in [2.45, 2.75) is 46.3 Å². The Balaban J connectivity index is 2.46. The van der Waals surface area contributed by atoms with E-state index in [2.05, 4.69) is 43.1 Å². The van der Waals surface area contributed by atoms with Crippen molar-refractivity contribution in [1.29, 1.82) is 0 Å². The SMILES string of the molecule is CC(C)CC(C)N(C)Cc1csc(CN)n1. The van der Waals surface area contributed by atoms with Crippen LogP contribution in [0.4, 0.5) is 0 Å². The number of nitrogens with two attached hydrogens (primary N) is 1. The average molecular weight is 241 g/mol. The summed E-state index contributed by atoms with van der Waals surface area (Å²) in [5.74, 6) is 0.743. The van der Waals surface area contributed by atoms with Gasteiger partial charge in [-0.3, -0.25) is 4.90 Å². The van der Waals surface area contributed by atoms with Gasteiger partial charge in [-0.2, -0.15) is 0 Å². The minimum atomic E-state index is 0.552. The Labute approximate surface area is 103 Å². The first-order valence-corrected chi connectivity index (χ1v) is 6.74. The van der Waals surface area contributed by atoms with Crippen LogP contribution in [0.5, 0.6) is 0 Å². The van der Waals surface area contributed by atoms with Crippen LogP contribution in [-0.4, -0.2) is 23.0 Å². The molecule has 92 valence electrons. The van der Waals surface area contributed by atoms with Crippen LogP contribution in [0, 0.1) is 5.92 Å². The molecule has 0 saturated carbocycles. The first kappa shape index (κ1) is 13.6. The number of rotatable bonds is 6. The second-order valence-corrected chi connectivity index (χ2v) is 5.77. The summed E-state index contributed by atoms with van der Waals surface area (Å²) in [6.07, 6.45) is 1.23. The summed E-state index contributed by atoms with van der Waals surface area (Å²) in [5, 5.41) is 3.14. The fraction of sp³-hybridized carbons (Fsp3) is 0.750. The van der Waals surface area contributed by atoms with Crippen LogP contribution in [0.3, 0.4) is 0 Å². The molecule has 1 unspecified atom stereocenters. The van der Waals surface area contributed by atoms with E-state index in [0.717, 1.165) is 23.2 Å². The van der Waals surface area contributed by atoms with Crippen molar-refractivity contribution in [1.82, 2.24) is 9.88 Å². The number of hydrogen-bond acceptors (Lipinski definition) is 4. The van der Waals surface area contributed by atoms with Gasteiger partial charge in [0, 0.05) is 24.5 Å². The summed E-state index contributed by atoms with van der Waals surface area (Å²) in [5.41, 5.74) is 6.70. The zero-order chi connectivity index (χ0) is 12.1. The van der Waals surface area contributed by atoms with Gasteiger partial charge in [0.1, 0.15) is 5.01 Å². The van der Waals surface area contributed by atoms with E-state index in [0.29, 0.717) is 12.6 Å². The summed E-state index contributed by atoms with van der Waals surface area (Å²) < 4.78 is 0. The minimum absolute atomic E-state index is 0.552. The number of thiazole rings is 1. The lowest BCUT2D eigenvalue weighted by molar-refractivity contribution is 0.218. The quantitative estimate of drug-likeness (QED) is 0.832. The van der Waals surface area contributed by atoms with E-state index < -0.39 is 0 Å². The Bertz CT molecular complexity index is 309. The third kappa shape index (κ3) is 4.20. The molecule has 1 aromatic rings. The summed E-state index contributed by atoms with van der Waals surface area (Å²) >= 11 is 1.65. The predicted molar refractivity (Wildman–Crippen MR) is 70.4 cm³/mol. The Morgan fingerprint density at radius 3 is 2.62 bits per heavy atom. The molecular formula is C12H23N3S. The van der Waals surface area contributed by atoms with Crippen LogP contribution in [-0.2, 0) is 13.1 Å². The molecule has 0 aliphatic heterocycles. The second-order valence-electron chi connectivity index (χ2n) is 4.83. The van der Waals surface area contributed by atoms with Crippen molar-refractivity contribution < 1.29 is 0 Å². The van der Waals surface area contributed by atoms with Crippen molar-refractivity contribution in [2.24, 2.45) is 11.7 Å². The summed E-state index contributed by atoms with van der Waals surface area (Å²) in [4.78, 5) is 6.84. The standard InChI is InChI=1S/C12H23N3S/c1-9(2)5-10(3)15(4)7-11-8-16-12(6-13)14-11/h8-10H,5-7,13H2,1-4H3. The molecule has 3 nitrogen and oxygen atoms in total. The van der Waals surface area contributed by atoms with Crippen molar-refractivity contribution in [3.8, 4) is 0 Å². The van der Waals surface area contributed by atoms with E-state index in [-0.39, 0.29) is 0 Å². The van der Waals surface area contributed by atoms with E-state index in [1.54, 1.807) is 11.3 Å². The molecule has 0 fully saturated rings. The predicted octanol–water partition coefficient (Wildman–Crippen LogP) is 2.47. The van der Waals surface area contributed by atoms with Crippen LogP contribution < -0.4 is 5.73 Å². The molecule has 16 heavy (non-hydrogen) atoms. The maximum absolute atomic E-state index is 5.55. The van der Waals surface area contributed by atoms with Gasteiger partial charge in [0.2, 0.25) is 0 Å². The van der Waals surface area contributed by atoms with Crippen molar-refractivity contribution in [3.63, 3.8) is 0 Å². The molecule has 0 spiro atoms. The Morgan fingerprint density at radius 2 is 2.12 bits per heavy atom. The van der Waals surface area contributed by atoms with Gasteiger partial charge in [-0.15, -0.1) is 11.3 Å². The molecule has 4 heteroatoms. The van der Waals surface area contributed by atoms with Gasteiger partial charge in [-0.25, -0.2) is 4.98 Å². The second kappa shape index (κ2) is 6.33. The lowest BCUT2D eigenvalue weighted by Crippen LogP contribution is -2.29. The van der Waals surface area contributed by atoms with Crippen molar-refractivity contribution >= 4 is 11.3 Å². The third-order valence-electron chi connectivity index (χ3n) is 2.75. The first-order valence-electron chi connectivity index (χ1n) is 5.86. The van der Waals surface area contributed by atoms with Gasteiger partial charge >= 0.3 is 0 Å². The zero-order valence-corrected chi connectivity index (χ0v) is 11.5. The topological polar surface area (TPSA) is 42.1 Å². The van der Waals surface area contributed by atoms with Gasteiger partial charge in [0.05, 0.1) is 5.69 Å². The molecule has 1 heterocycles. The highest BCUT2D eigenvalue weighted by Gasteiger charge is 2.12. The molecule has 0 aliphatic carbocycles. The average Bonchev–Trinajstić information content (AvgIpc) is 2.64. The van der Waals surface area contributed by atoms with Crippen LogP contribution in [0.25, 0.3) is 0 Å². The number of hydrogen-bond donors (Lipinski definition) is 1. The fourth-order valence-electron chi connectivity index (χ4n) is 1.79. The molecule has 1 rings (SSSR count). The van der Waals surface area contributed by atoms with Gasteiger partial charge in [0.25, 0.3) is 0 Å². The Morgan fingerprint density at radius 1 is 1.44 bits per heavy atom. The molecule has 0 aliphatic rings. The van der Waals surface area contributed by atoms with Crippen LogP contribution >= 0.6 is 11.3 Å². The molecule has 0 aromatic carbocycles. The maximum atomic E-state index is 5.55. The molecule has 0 saturated heterocycles. The zero-order valence-electron chi connectivity index (χ0n) is 10.7. The van der Waals surface area contributed by atoms with Crippen LogP contribution in [0.1, 0.15) is 37.9 Å². The maximum Gasteiger partial charge on any atom is 0.106 e. The lowest BCUT2D eigenvalue weighted by Gasteiger charge is -2.25. The largest absolute Gasteiger partial charge is 0.325 e. The molecule has 2 N–H and O–H groups in total. The highest BCUT2D eigenvalue weighted by atomic mass is 32.1. The molecule has 1 atom stereocenters. The lowest BCUT2D eigenvalue weighted by atomic mass is 10.0. The number of aromatic nitrogens is 1. The highest BCUT2D eigenvalue weighted by Crippen LogP contribution is 2.14. The molecule has 1 aromatic heterocycles.